The number of hydrogen-bond acceptors (Lipinski definition) is 1. The quantitative estimate of drug-likeness (QED) is 0.524. The Kier molecular flexibility index (Phi) is 6.99. The summed E-state index contributed by atoms with van der Waals surface area (Å²) < 4.78 is 13.5. The van der Waals surface area contributed by atoms with Crippen LogP contribution in [0.1, 0.15) is 44.2 Å². The van der Waals surface area contributed by atoms with E-state index in [4.69, 9.17) is 11.6 Å². The van der Waals surface area contributed by atoms with Crippen LogP contribution in [0.15, 0.2) is 30.9 Å². The van der Waals surface area contributed by atoms with Crippen LogP contribution >= 0.6 is 11.6 Å². The lowest BCUT2D eigenvalue weighted by Crippen LogP contribution is -2.22. The fourth-order valence-corrected chi connectivity index (χ4v) is 2.02. The molecule has 0 saturated carbocycles. The van der Waals surface area contributed by atoms with Crippen LogP contribution in [0.2, 0.25) is 5.02 Å². The molecule has 1 aromatic rings. The predicted molar refractivity (Wildman–Crippen MR) is 76.5 cm³/mol. The highest BCUT2D eigenvalue weighted by atomic mass is 35.5. The van der Waals surface area contributed by atoms with E-state index in [0.29, 0.717) is 0 Å². The van der Waals surface area contributed by atoms with Gasteiger partial charge in [0.1, 0.15) is 5.82 Å². The average Bonchev–Trinajstić information content (AvgIpc) is 2.37. The standard InChI is InChI=1S/C15H21ClFN/c1-3-5-6-7-15(18-10-4-2)12-8-9-13(16)14(17)11-12/h3,8-9,11,15,18H,1,4-7,10H2,2H3. The lowest BCUT2D eigenvalue weighted by Gasteiger charge is -2.19. The molecule has 0 aromatic heterocycles. The first-order valence-corrected chi connectivity index (χ1v) is 6.86. The van der Waals surface area contributed by atoms with Gasteiger partial charge in [-0.3, -0.25) is 0 Å². The van der Waals surface area contributed by atoms with Crippen LogP contribution in [0, 0.1) is 5.82 Å². The Labute approximate surface area is 114 Å². The normalized spacial score (nSPS) is 12.4. The molecule has 18 heavy (non-hydrogen) atoms. The molecule has 0 amide bonds. The topological polar surface area (TPSA) is 12.0 Å². The summed E-state index contributed by atoms with van der Waals surface area (Å²) in [5, 5.41) is 3.63. The molecule has 1 atom stereocenters. The van der Waals surface area contributed by atoms with Gasteiger partial charge in [-0.25, -0.2) is 4.39 Å². The summed E-state index contributed by atoms with van der Waals surface area (Å²) in [7, 11) is 0. The van der Waals surface area contributed by atoms with E-state index < -0.39 is 0 Å². The zero-order chi connectivity index (χ0) is 13.4. The molecule has 0 fully saturated rings. The summed E-state index contributed by atoms with van der Waals surface area (Å²) in [4.78, 5) is 0. The highest BCUT2D eigenvalue weighted by molar-refractivity contribution is 6.30. The third-order valence-corrected chi connectivity index (χ3v) is 3.19. The summed E-state index contributed by atoms with van der Waals surface area (Å²) in [6.45, 7) is 6.78. The molecular formula is C15H21ClFN. The second kappa shape index (κ2) is 8.28. The molecular weight excluding hydrogens is 249 g/mol. The van der Waals surface area contributed by atoms with Crippen molar-refractivity contribution in [1.82, 2.24) is 5.32 Å². The SMILES string of the molecule is C=CCCCC(NCCC)c1ccc(Cl)c(F)c1. The molecule has 0 heterocycles. The molecule has 0 bridgehead atoms. The summed E-state index contributed by atoms with van der Waals surface area (Å²) >= 11 is 5.71. The van der Waals surface area contributed by atoms with Crippen molar-refractivity contribution in [3.8, 4) is 0 Å². The molecule has 0 aliphatic heterocycles. The molecule has 1 unspecified atom stereocenters. The van der Waals surface area contributed by atoms with Crippen molar-refractivity contribution in [2.24, 2.45) is 0 Å². The summed E-state index contributed by atoms with van der Waals surface area (Å²) in [5.74, 6) is -0.346. The maximum absolute atomic E-state index is 13.5. The number of allylic oxidation sites excluding steroid dienone is 1. The Bertz CT molecular complexity index is 379. The number of benzene rings is 1. The van der Waals surface area contributed by atoms with Gasteiger partial charge in [0.2, 0.25) is 0 Å². The van der Waals surface area contributed by atoms with E-state index in [1.807, 2.05) is 12.1 Å². The molecule has 1 aromatic carbocycles. The Morgan fingerprint density at radius 2 is 2.28 bits per heavy atom. The van der Waals surface area contributed by atoms with E-state index in [0.717, 1.165) is 37.8 Å². The zero-order valence-corrected chi connectivity index (χ0v) is 11.6. The molecule has 1 nitrogen and oxygen atoms in total. The molecule has 100 valence electrons. The van der Waals surface area contributed by atoms with Crippen molar-refractivity contribution >= 4 is 11.6 Å². The minimum absolute atomic E-state index is 0.180. The second-order valence-corrected chi connectivity index (χ2v) is 4.81. The average molecular weight is 270 g/mol. The summed E-state index contributed by atoms with van der Waals surface area (Å²) in [6.07, 6.45) is 6.00. The first-order valence-electron chi connectivity index (χ1n) is 6.48. The van der Waals surface area contributed by atoms with Crippen LogP contribution in [-0.2, 0) is 0 Å². The Balaban J connectivity index is 2.72. The van der Waals surface area contributed by atoms with Crippen molar-refractivity contribution in [2.45, 2.75) is 38.6 Å². The Hall–Kier alpha value is -0.860. The highest BCUT2D eigenvalue weighted by Crippen LogP contribution is 2.24. The third-order valence-electron chi connectivity index (χ3n) is 2.89. The molecule has 0 radical (unpaired) electrons. The van der Waals surface area contributed by atoms with Gasteiger partial charge in [0.05, 0.1) is 5.02 Å². The number of rotatable bonds is 8. The van der Waals surface area contributed by atoms with Gasteiger partial charge in [0.15, 0.2) is 0 Å². The monoisotopic (exact) mass is 269 g/mol. The summed E-state index contributed by atoms with van der Waals surface area (Å²) in [6, 6.07) is 5.24. The predicted octanol–water partition coefficient (Wildman–Crippen LogP) is 4.88. The van der Waals surface area contributed by atoms with Crippen molar-refractivity contribution in [2.75, 3.05) is 6.54 Å². The second-order valence-electron chi connectivity index (χ2n) is 4.40. The van der Waals surface area contributed by atoms with E-state index in [-0.39, 0.29) is 16.9 Å². The van der Waals surface area contributed by atoms with Gasteiger partial charge in [-0.15, -0.1) is 6.58 Å². The number of unbranched alkanes of at least 4 members (excludes halogenated alkanes) is 1. The minimum atomic E-state index is -0.346. The van der Waals surface area contributed by atoms with Crippen LogP contribution in [0.5, 0.6) is 0 Å². The molecule has 0 saturated heterocycles. The van der Waals surface area contributed by atoms with Gasteiger partial charge in [-0.2, -0.15) is 0 Å². The molecule has 0 aliphatic carbocycles. The van der Waals surface area contributed by atoms with Gasteiger partial charge in [0.25, 0.3) is 0 Å². The van der Waals surface area contributed by atoms with Gasteiger partial charge < -0.3 is 5.32 Å². The smallest absolute Gasteiger partial charge is 0.142 e. The minimum Gasteiger partial charge on any atom is -0.310 e. The van der Waals surface area contributed by atoms with Crippen LogP contribution in [0.4, 0.5) is 4.39 Å². The van der Waals surface area contributed by atoms with Gasteiger partial charge in [-0.1, -0.05) is 30.7 Å². The van der Waals surface area contributed by atoms with Crippen LogP contribution in [-0.4, -0.2) is 6.54 Å². The molecule has 1 rings (SSSR count). The van der Waals surface area contributed by atoms with Crippen molar-refractivity contribution in [1.29, 1.82) is 0 Å². The van der Waals surface area contributed by atoms with Crippen LogP contribution in [0.25, 0.3) is 0 Å². The van der Waals surface area contributed by atoms with Crippen molar-refractivity contribution < 1.29 is 4.39 Å². The fraction of sp³-hybridized carbons (Fsp3) is 0.467. The number of nitrogens with one attached hydrogen (secondary N) is 1. The van der Waals surface area contributed by atoms with Crippen molar-refractivity contribution in [3.63, 3.8) is 0 Å². The van der Waals surface area contributed by atoms with E-state index in [1.165, 1.54) is 6.07 Å². The van der Waals surface area contributed by atoms with Crippen LogP contribution in [0.3, 0.4) is 0 Å². The Morgan fingerprint density at radius 1 is 1.50 bits per heavy atom. The van der Waals surface area contributed by atoms with Gasteiger partial charge >= 0.3 is 0 Å². The van der Waals surface area contributed by atoms with Gasteiger partial charge in [-0.05, 0) is 49.9 Å². The highest BCUT2D eigenvalue weighted by Gasteiger charge is 2.12. The van der Waals surface area contributed by atoms with Crippen molar-refractivity contribution in [3.05, 3.63) is 47.3 Å². The lowest BCUT2D eigenvalue weighted by molar-refractivity contribution is 0.483. The third kappa shape index (κ3) is 4.79. The maximum Gasteiger partial charge on any atom is 0.142 e. The van der Waals surface area contributed by atoms with E-state index in [1.54, 1.807) is 6.07 Å². The molecule has 1 N–H and O–H groups in total. The first-order chi connectivity index (χ1) is 8.69. The maximum atomic E-state index is 13.5. The molecule has 0 aliphatic rings. The lowest BCUT2D eigenvalue weighted by atomic mass is 10.0. The molecule has 0 spiro atoms. The molecule has 3 heteroatoms. The summed E-state index contributed by atoms with van der Waals surface area (Å²) in [5.41, 5.74) is 0.967. The van der Waals surface area contributed by atoms with E-state index >= 15 is 0 Å². The zero-order valence-electron chi connectivity index (χ0n) is 10.9. The fourth-order valence-electron chi connectivity index (χ4n) is 1.90. The Morgan fingerprint density at radius 3 is 2.89 bits per heavy atom. The van der Waals surface area contributed by atoms with Crippen LogP contribution < -0.4 is 5.32 Å². The van der Waals surface area contributed by atoms with E-state index in [9.17, 15) is 4.39 Å². The number of hydrogen-bond donors (Lipinski definition) is 1. The van der Waals surface area contributed by atoms with E-state index in [2.05, 4.69) is 18.8 Å². The van der Waals surface area contributed by atoms with Gasteiger partial charge in [0, 0.05) is 6.04 Å². The first kappa shape index (κ1) is 15.2. The number of halogens is 2. The largest absolute Gasteiger partial charge is 0.310 e.